The van der Waals surface area contributed by atoms with Gasteiger partial charge in [-0.15, -0.1) is 0 Å². The summed E-state index contributed by atoms with van der Waals surface area (Å²) in [6.45, 7) is 2.46. The number of nitro groups is 1. The Bertz CT molecular complexity index is 819. The number of urea groups is 1. The number of amides is 2. The first-order valence-corrected chi connectivity index (χ1v) is 8.29. The number of hydrogen-bond donors (Lipinski definition) is 3. The van der Waals surface area contributed by atoms with Crippen LogP contribution in [0, 0.1) is 10.1 Å². The molecule has 0 saturated carbocycles. The monoisotopic (exact) mass is 374 g/mol. The van der Waals surface area contributed by atoms with Gasteiger partial charge in [-0.2, -0.15) is 5.10 Å². The second-order valence-corrected chi connectivity index (χ2v) is 5.61. The van der Waals surface area contributed by atoms with Crippen molar-refractivity contribution in [2.45, 2.75) is 13.3 Å². The first-order valence-electron chi connectivity index (χ1n) is 8.29. The number of nitro benzene ring substituents is 1. The van der Waals surface area contributed by atoms with Gasteiger partial charge in [0.05, 0.1) is 22.9 Å². The zero-order chi connectivity index (χ0) is 19.8. The van der Waals surface area contributed by atoms with Crippen molar-refractivity contribution in [3.8, 4) is 0 Å². The van der Waals surface area contributed by atoms with Gasteiger partial charge in [-0.3, -0.25) is 15.2 Å². The largest absolute Gasteiger partial charge is 0.384 e. The molecule has 0 aliphatic rings. The van der Waals surface area contributed by atoms with E-state index in [2.05, 4.69) is 15.5 Å². The Kier molecular flexibility index (Phi) is 6.89. The summed E-state index contributed by atoms with van der Waals surface area (Å²) in [6, 6.07) is 6.89. The van der Waals surface area contributed by atoms with Gasteiger partial charge < -0.3 is 15.8 Å². The lowest BCUT2D eigenvalue weighted by atomic mass is 10.1. The molecule has 0 atom stereocenters. The number of nitrogens with one attached hydrogen (secondary N) is 2. The minimum atomic E-state index is -0.531. The zero-order valence-electron chi connectivity index (χ0n) is 15.1. The molecule has 10 heteroatoms. The third-order valence-corrected chi connectivity index (χ3v) is 3.69. The molecule has 0 saturated heterocycles. The summed E-state index contributed by atoms with van der Waals surface area (Å²) in [5, 5.41) is 20.5. The lowest BCUT2D eigenvalue weighted by Crippen LogP contribution is -2.43. The Labute approximate surface area is 156 Å². The first kappa shape index (κ1) is 19.9. The predicted octanol–water partition coefficient (Wildman–Crippen LogP) is 2.22. The molecular formula is C17H22N6O4. The van der Waals surface area contributed by atoms with Crippen molar-refractivity contribution in [2.24, 2.45) is 5.73 Å². The Morgan fingerprint density at radius 3 is 2.81 bits per heavy atom. The Morgan fingerprint density at radius 1 is 1.44 bits per heavy atom. The number of benzene rings is 1. The maximum Gasteiger partial charge on any atom is 0.327 e. The summed E-state index contributed by atoms with van der Waals surface area (Å²) in [6.07, 6.45) is 2.27. The number of nitrogens with zero attached hydrogens (tertiary/aromatic N) is 3. The molecule has 0 fully saturated rings. The van der Waals surface area contributed by atoms with Crippen LogP contribution in [0.5, 0.6) is 0 Å². The molecule has 0 aliphatic heterocycles. The fourth-order valence-corrected chi connectivity index (χ4v) is 2.42. The van der Waals surface area contributed by atoms with Crippen molar-refractivity contribution in [1.82, 2.24) is 15.5 Å². The van der Waals surface area contributed by atoms with Gasteiger partial charge >= 0.3 is 6.03 Å². The molecule has 144 valence electrons. The van der Waals surface area contributed by atoms with Crippen LogP contribution in [-0.4, -0.2) is 41.4 Å². The van der Waals surface area contributed by atoms with Crippen molar-refractivity contribution >= 4 is 23.0 Å². The van der Waals surface area contributed by atoms with E-state index >= 15 is 0 Å². The minimum absolute atomic E-state index is 0.0789. The number of aromatic amines is 1. The first-order chi connectivity index (χ1) is 13.0. The highest BCUT2D eigenvalue weighted by atomic mass is 16.6. The number of ether oxygens (including phenoxy) is 1. The standard InChI is InChI=1S/C17H22N6O4/c1-3-8-19-17(24)22(12-5-4-6-13(10-12)23(25)26)16(18)14(11-27-2)15-7-9-20-21-15/h4-7,9-10H,3,8,11,18H2,1-2H3,(H,19,24)(H,20,21)/b16-14+. The smallest absolute Gasteiger partial charge is 0.327 e. The van der Waals surface area contributed by atoms with Crippen LogP contribution in [0.15, 0.2) is 42.3 Å². The van der Waals surface area contributed by atoms with E-state index in [1.165, 1.54) is 30.2 Å². The van der Waals surface area contributed by atoms with Crippen molar-refractivity contribution in [2.75, 3.05) is 25.2 Å². The molecular weight excluding hydrogens is 352 g/mol. The number of nitrogens with two attached hydrogens (primary N) is 1. The lowest BCUT2D eigenvalue weighted by Gasteiger charge is -2.25. The molecule has 0 aliphatic carbocycles. The molecule has 0 radical (unpaired) electrons. The second-order valence-electron chi connectivity index (χ2n) is 5.61. The minimum Gasteiger partial charge on any atom is -0.384 e. The molecule has 0 spiro atoms. The Hall–Kier alpha value is -3.40. The molecule has 10 nitrogen and oxygen atoms in total. The molecule has 0 bridgehead atoms. The van der Waals surface area contributed by atoms with Gasteiger partial charge in [0.15, 0.2) is 0 Å². The maximum absolute atomic E-state index is 12.8. The summed E-state index contributed by atoms with van der Waals surface area (Å²) in [4.78, 5) is 24.5. The van der Waals surface area contributed by atoms with Gasteiger partial charge in [0.1, 0.15) is 5.82 Å². The third-order valence-electron chi connectivity index (χ3n) is 3.69. The van der Waals surface area contributed by atoms with Crippen molar-refractivity contribution in [3.63, 3.8) is 0 Å². The van der Waals surface area contributed by atoms with Crippen molar-refractivity contribution in [1.29, 1.82) is 0 Å². The van der Waals surface area contributed by atoms with E-state index < -0.39 is 11.0 Å². The van der Waals surface area contributed by atoms with Gasteiger partial charge in [0.2, 0.25) is 0 Å². The third kappa shape index (κ3) is 4.82. The highest BCUT2D eigenvalue weighted by molar-refractivity contribution is 5.97. The van der Waals surface area contributed by atoms with Crippen LogP contribution < -0.4 is 16.0 Å². The fourth-order valence-electron chi connectivity index (χ4n) is 2.42. The number of carbonyl (C=O) groups excluding carboxylic acids is 1. The molecule has 1 aromatic heterocycles. The Morgan fingerprint density at radius 2 is 2.22 bits per heavy atom. The van der Waals surface area contributed by atoms with Gasteiger partial charge in [-0.25, -0.2) is 9.69 Å². The summed E-state index contributed by atoms with van der Waals surface area (Å²) >= 11 is 0. The molecule has 2 aromatic rings. The predicted molar refractivity (Wildman–Crippen MR) is 101 cm³/mol. The summed E-state index contributed by atoms with van der Waals surface area (Å²) < 4.78 is 5.21. The van der Waals surface area contributed by atoms with E-state index in [-0.39, 0.29) is 23.8 Å². The van der Waals surface area contributed by atoms with Crippen LogP contribution in [0.3, 0.4) is 0 Å². The van der Waals surface area contributed by atoms with E-state index in [1.807, 2.05) is 6.92 Å². The maximum atomic E-state index is 12.8. The average Bonchev–Trinajstić information content (AvgIpc) is 3.19. The van der Waals surface area contributed by atoms with Gasteiger partial charge in [0, 0.05) is 37.6 Å². The van der Waals surface area contributed by atoms with E-state index in [1.54, 1.807) is 18.3 Å². The molecule has 4 N–H and O–H groups in total. The molecule has 2 rings (SSSR count). The highest BCUT2D eigenvalue weighted by Crippen LogP contribution is 2.26. The molecule has 27 heavy (non-hydrogen) atoms. The van der Waals surface area contributed by atoms with E-state index in [0.29, 0.717) is 17.8 Å². The average molecular weight is 374 g/mol. The van der Waals surface area contributed by atoms with Crippen LogP contribution in [0.4, 0.5) is 16.2 Å². The van der Waals surface area contributed by atoms with Crippen LogP contribution in [0.2, 0.25) is 0 Å². The van der Waals surface area contributed by atoms with Crippen LogP contribution >= 0.6 is 0 Å². The van der Waals surface area contributed by atoms with E-state index in [4.69, 9.17) is 10.5 Å². The van der Waals surface area contributed by atoms with Gasteiger partial charge in [0.25, 0.3) is 5.69 Å². The highest BCUT2D eigenvalue weighted by Gasteiger charge is 2.24. The Balaban J connectivity index is 2.57. The number of carbonyl (C=O) groups is 1. The molecule has 1 aromatic carbocycles. The molecule has 1 heterocycles. The lowest BCUT2D eigenvalue weighted by molar-refractivity contribution is -0.384. The topological polar surface area (TPSA) is 139 Å². The number of anilines is 1. The summed E-state index contributed by atoms with van der Waals surface area (Å²) in [5.41, 5.74) is 7.51. The number of rotatable bonds is 8. The zero-order valence-corrected chi connectivity index (χ0v) is 15.1. The van der Waals surface area contributed by atoms with Crippen LogP contribution in [0.25, 0.3) is 5.57 Å². The fraction of sp³-hybridized carbons (Fsp3) is 0.294. The number of aromatic nitrogens is 2. The quantitative estimate of drug-likeness (QED) is 0.478. The number of H-pyrrole nitrogens is 1. The van der Waals surface area contributed by atoms with Crippen LogP contribution in [0.1, 0.15) is 19.0 Å². The van der Waals surface area contributed by atoms with E-state index in [9.17, 15) is 14.9 Å². The second kappa shape index (κ2) is 9.34. The van der Waals surface area contributed by atoms with E-state index in [0.717, 1.165) is 6.42 Å². The summed E-state index contributed by atoms with van der Waals surface area (Å²) in [7, 11) is 1.50. The number of methoxy groups -OCH3 is 1. The van der Waals surface area contributed by atoms with Crippen LogP contribution in [-0.2, 0) is 4.74 Å². The molecule has 2 amide bonds. The van der Waals surface area contributed by atoms with Gasteiger partial charge in [-0.05, 0) is 18.6 Å². The normalized spacial score (nSPS) is 11.6. The van der Waals surface area contributed by atoms with Crippen molar-refractivity contribution in [3.05, 3.63) is 58.2 Å². The van der Waals surface area contributed by atoms with Gasteiger partial charge in [-0.1, -0.05) is 13.0 Å². The number of non-ortho nitro benzene ring substituents is 1. The molecule has 0 unspecified atom stereocenters. The summed E-state index contributed by atoms with van der Waals surface area (Å²) in [5.74, 6) is 0.0789. The SMILES string of the molecule is CCCNC(=O)N(/C(N)=C(\COC)c1ccn[nH]1)c1cccc([N+](=O)[O-])c1. The van der Waals surface area contributed by atoms with Crippen molar-refractivity contribution < 1.29 is 14.5 Å². The number of hydrogen-bond acceptors (Lipinski definition) is 6.